The molecule has 0 atom stereocenters. The Balaban J connectivity index is 1.87. The Hall–Kier alpha value is -3.30. The molecule has 130 valence electrons. The van der Waals surface area contributed by atoms with E-state index in [1.165, 1.54) is 43.5 Å². The highest BCUT2D eigenvalue weighted by molar-refractivity contribution is 7.26. The van der Waals surface area contributed by atoms with Crippen molar-refractivity contribution in [3.63, 3.8) is 0 Å². The standard InChI is InChI=1S/C24H16O2S/c1-3-25-16-9-10-17-15(14-16)8-13-22-23(17)20-12-11-18-19(24(20)27-22)6-5-7-21(18)26-4-2/h3-14H,1-2H2. The van der Waals surface area contributed by atoms with Crippen molar-refractivity contribution >= 4 is 53.1 Å². The summed E-state index contributed by atoms with van der Waals surface area (Å²) in [6, 6.07) is 21.0. The molecule has 0 aliphatic carbocycles. The van der Waals surface area contributed by atoms with Crippen molar-refractivity contribution in [2.75, 3.05) is 0 Å². The van der Waals surface area contributed by atoms with Crippen LogP contribution in [0.15, 0.2) is 86.3 Å². The van der Waals surface area contributed by atoms with Crippen LogP contribution in [0.25, 0.3) is 41.7 Å². The summed E-state index contributed by atoms with van der Waals surface area (Å²) in [5, 5.41) is 7.24. The fourth-order valence-corrected chi connectivity index (χ4v) is 4.98. The maximum absolute atomic E-state index is 5.60. The summed E-state index contributed by atoms with van der Waals surface area (Å²) < 4.78 is 13.6. The quantitative estimate of drug-likeness (QED) is 0.308. The highest BCUT2D eigenvalue weighted by Crippen LogP contribution is 2.43. The van der Waals surface area contributed by atoms with Gasteiger partial charge in [-0.25, -0.2) is 0 Å². The number of benzene rings is 4. The molecular formula is C24H16O2S. The van der Waals surface area contributed by atoms with E-state index in [2.05, 4.69) is 55.6 Å². The molecule has 0 saturated carbocycles. The van der Waals surface area contributed by atoms with Gasteiger partial charge in [0, 0.05) is 30.9 Å². The number of rotatable bonds is 4. The minimum Gasteiger partial charge on any atom is -0.466 e. The molecule has 0 spiro atoms. The highest BCUT2D eigenvalue weighted by atomic mass is 32.1. The normalized spacial score (nSPS) is 11.3. The van der Waals surface area contributed by atoms with Crippen LogP contribution in [-0.4, -0.2) is 0 Å². The highest BCUT2D eigenvalue weighted by Gasteiger charge is 2.13. The van der Waals surface area contributed by atoms with Crippen LogP contribution in [0.3, 0.4) is 0 Å². The Labute approximate surface area is 160 Å². The first-order chi connectivity index (χ1) is 13.3. The van der Waals surface area contributed by atoms with Crippen molar-refractivity contribution in [1.29, 1.82) is 0 Å². The first kappa shape index (κ1) is 15.9. The lowest BCUT2D eigenvalue weighted by Gasteiger charge is -2.06. The summed E-state index contributed by atoms with van der Waals surface area (Å²) in [4.78, 5) is 0. The second-order valence-electron chi connectivity index (χ2n) is 6.29. The molecule has 0 aliphatic heterocycles. The topological polar surface area (TPSA) is 18.5 Å². The fourth-order valence-electron chi connectivity index (χ4n) is 3.73. The third-order valence-corrected chi connectivity index (χ3v) is 6.04. The minimum absolute atomic E-state index is 0.799. The van der Waals surface area contributed by atoms with Gasteiger partial charge >= 0.3 is 0 Å². The predicted molar refractivity (Wildman–Crippen MR) is 116 cm³/mol. The van der Waals surface area contributed by atoms with Crippen molar-refractivity contribution < 1.29 is 9.47 Å². The van der Waals surface area contributed by atoms with Gasteiger partial charge in [-0.1, -0.05) is 43.5 Å². The van der Waals surface area contributed by atoms with Gasteiger partial charge in [-0.05, 0) is 41.1 Å². The summed E-state index contributed by atoms with van der Waals surface area (Å²) in [7, 11) is 0. The third kappa shape index (κ3) is 2.40. The Morgan fingerprint density at radius 3 is 2.41 bits per heavy atom. The molecule has 0 bridgehead atoms. The second kappa shape index (κ2) is 6.15. The van der Waals surface area contributed by atoms with Gasteiger partial charge in [-0.15, -0.1) is 11.3 Å². The van der Waals surface area contributed by atoms with Gasteiger partial charge in [-0.3, -0.25) is 0 Å². The van der Waals surface area contributed by atoms with Crippen LogP contribution in [0.4, 0.5) is 0 Å². The monoisotopic (exact) mass is 368 g/mol. The number of hydrogen-bond donors (Lipinski definition) is 0. The van der Waals surface area contributed by atoms with Crippen LogP contribution in [0, 0.1) is 0 Å². The maximum Gasteiger partial charge on any atom is 0.134 e. The minimum atomic E-state index is 0.799. The van der Waals surface area contributed by atoms with E-state index in [0.717, 1.165) is 22.3 Å². The molecule has 0 radical (unpaired) electrons. The summed E-state index contributed by atoms with van der Waals surface area (Å²) >= 11 is 1.82. The van der Waals surface area contributed by atoms with Gasteiger partial charge in [0.05, 0.1) is 12.5 Å². The van der Waals surface area contributed by atoms with E-state index in [4.69, 9.17) is 9.47 Å². The predicted octanol–water partition coefficient (Wildman–Crippen LogP) is 7.41. The van der Waals surface area contributed by atoms with Crippen LogP contribution in [0.1, 0.15) is 0 Å². The zero-order chi connectivity index (χ0) is 18.4. The summed E-state index contributed by atoms with van der Waals surface area (Å²) in [5.74, 6) is 1.63. The van der Waals surface area contributed by atoms with E-state index in [-0.39, 0.29) is 0 Å². The van der Waals surface area contributed by atoms with E-state index in [0.29, 0.717) is 0 Å². The van der Waals surface area contributed by atoms with Gasteiger partial charge < -0.3 is 9.47 Å². The van der Waals surface area contributed by atoms with Crippen LogP contribution in [-0.2, 0) is 0 Å². The molecule has 0 N–H and O–H groups in total. The van der Waals surface area contributed by atoms with Crippen molar-refractivity contribution in [2.45, 2.75) is 0 Å². The smallest absolute Gasteiger partial charge is 0.134 e. The van der Waals surface area contributed by atoms with Gasteiger partial charge in [0.2, 0.25) is 0 Å². The summed E-state index contributed by atoms with van der Waals surface area (Å²) in [5.41, 5.74) is 0. The van der Waals surface area contributed by atoms with E-state index < -0.39 is 0 Å². The molecule has 3 heteroatoms. The number of ether oxygens (including phenoxy) is 2. The van der Waals surface area contributed by atoms with Crippen LogP contribution >= 0.6 is 11.3 Å². The molecular weight excluding hydrogens is 352 g/mol. The lowest BCUT2D eigenvalue weighted by Crippen LogP contribution is -1.83. The molecule has 1 heterocycles. The molecule has 0 saturated heterocycles. The lowest BCUT2D eigenvalue weighted by molar-refractivity contribution is 0.484. The molecule has 0 aliphatic rings. The first-order valence-electron chi connectivity index (χ1n) is 8.66. The molecule has 1 aromatic heterocycles. The van der Waals surface area contributed by atoms with Gasteiger partial charge in [0.15, 0.2) is 0 Å². The molecule has 2 nitrogen and oxygen atoms in total. The Morgan fingerprint density at radius 1 is 0.741 bits per heavy atom. The van der Waals surface area contributed by atoms with E-state index in [1.54, 1.807) is 0 Å². The SMILES string of the molecule is C=COc1ccc2c(ccc3sc4c5cccc(OC=C)c5ccc4c32)c1. The number of fused-ring (bicyclic) bond motifs is 7. The molecule has 0 fully saturated rings. The van der Waals surface area contributed by atoms with E-state index >= 15 is 0 Å². The van der Waals surface area contributed by atoms with E-state index in [1.807, 2.05) is 29.5 Å². The molecule has 0 amide bonds. The van der Waals surface area contributed by atoms with Crippen molar-refractivity contribution in [3.8, 4) is 11.5 Å². The Bertz CT molecular complexity index is 1360. The second-order valence-corrected chi connectivity index (χ2v) is 7.34. The maximum atomic E-state index is 5.60. The van der Waals surface area contributed by atoms with Crippen molar-refractivity contribution in [1.82, 2.24) is 0 Å². The van der Waals surface area contributed by atoms with Gasteiger partial charge in [0.1, 0.15) is 11.5 Å². The fraction of sp³-hybridized carbons (Fsp3) is 0. The van der Waals surface area contributed by atoms with Gasteiger partial charge in [-0.2, -0.15) is 0 Å². The largest absolute Gasteiger partial charge is 0.466 e. The first-order valence-corrected chi connectivity index (χ1v) is 9.47. The Morgan fingerprint density at radius 2 is 1.56 bits per heavy atom. The van der Waals surface area contributed by atoms with Crippen LogP contribution in [0.2, 0.25) is 0 Å². The number of thiophene rings is 1. The molecule has 5 rings (SSSR count). The Kier molecular flexibility index (Phi) is 3.62. The molecule has 5 aromatic rings. The average molecular weight is 368 g/mol. The van der Waals surface area contributed by atoms with Crippen LogP contribution in [0.5, 0.6) is 11.5 Å². The third-order valence-electron chi connectivity index (χ3n) is 4.84. The van der Waals surface area contributed by atoms with Crippen molar-refractivity contribution in [2.24, 2.45) is 0 Å². The summed E-state index contributed by atoms with van der Waals surface area (Å²) in [6.45, 7) is 7.31. The molecule has 27 heavy (non-hydrogen) atoms. The zero-order valence-corrected chi connectivity index (χ0v) is 15.4. The molecule has 0 unspecified atom stereocenters. The number of hydrogen-bond acceptors (Lipinski definition) is 3. The van der Waals surface area contributed by atoms with Crippen LogP contribution < -0.4 is 9.47 Å². The van der Waals surface area contributed by atoms with E-state index in [9.17, 15) is 0 Å². The zero-order valence-electron chi connectivity index (χ0n) is 14.6. The molecule has 4 aromatic carbocycles. The average Bonchev–Trinajstić information content (AvgIpc) is 3.08. The summed E-state index contributed by atoms with van der Waals surface area (Å²) in [6.07, 6.45) is 2.93. The van der Waals surface area contributed by atoms with Gasteiger partial charge in [0.25, 0.3) is 0 Å². The lowest BCUT2D eigenvalue weighted by atomic mass is 10.0. The van der Waals surface area contributed by atoms with Crippen molar-refractivity contribution in [3.05, 3.63) is 86.3 Å².